The third-order valence-electron chi connectivity index (χ3n) is 5.28. The van der Waals surface area contributed by atoms with Gasteiger partial charge in [-0.2, -0.15) is 9.78 Å². The van der Waals surface area contributed by atoms with Crippen LogP contribution in [-0.4, -0.2) is 23.0 Å². The van der Waals surface area contributed by atoms with Crippen LogP contribution in [0.1, 0.15) is 36.7 Å². The van der Waals surface area contributed by atoms with E-state index in [4.69, 9.17) is 32.7 Å². The molecule has 0 saturated heterocycles. The fourth-order valence-corrected chi connectivity index (χ4v) is 4.33. The fourth-order valence-electron chi connectivity index (χ4n) is 3.51. The van der Waals surface area contributed by atoms with Gasteiger partial charge in [-0.25, -0.2) is 4.98 Å². The van der Waals surface area contributed by atoms with Gasteiger partial charge in [0.2, 0.25) is 0 Å². The molecule has 0 fully saturated rings. The molecular formula is C26H22BrCl2N3O3. The average molecular weight is 575 g/mol. The maximum absolute atomic E-state index is 13.3. The SMILES string of the molecule is COc1cccc(C=Nn2c(C(C)C)nc3ccc(Br)cc3c2=O)c1OCc1ccc(Cl)cc1Cl. The van der Waals surface area contributed by atoms with Crippen molar-refractivity contribution in [1.29, 1.82) is 0 Å². The summed E-state index contributed by atoms with van der Waals surface area (Å²) < 4.78 is 13.7. The monoisotopic (exact) mass is 573 g/mol. The molecule has 0 N–H and O–H groups in total. The summed E-state index contributed by atoms with van der Waals surface area (Å²) in [6.07, 6.45) is 1.57. The Morgan fingerprint density at radius 3 is 2.66 bits per heavy atom. The summed E-state index contributed by atoms with van der Waals surface area (Å²) in [5.41, 5.74) is 1.77. The number of hydrogen-bond donors (Lipinski definition) is 0. The van der Waals surface area contributed by atoms with Gasteiger partial charge in [0.15, 0.2) is 11.5 Å². The van der Waals surface area contributed by atoms with Gasteiger partial charge in [-0.05, 0) is 42.5 Å². The largest absolute Gasteiger partial charge is 0.493 e. The molecule has 0 atom stereocenters. The summed E-state index contributed by atoms with van der Waals surface area (Å²) in [7, 11) is 1.56. The number of fused-ring (bicyclic) bond motifs is 1. The maximum atomic E-state index is 13.3. The van der Waals surface area contributed by atoms with Crippen molar-refractivity contribution in [3.63, 3.8) is 0 Å². The lowest BCUT2D eigenvalue weighted by Gasteiger charge is -2.15. The summed E-state index contributed by atoms with van der Waals surface area (Å²) in [5.74, 6) is 1.52. The Morgan fingerprint density at radius 1 is 1.14 bits per heavy atom. The average Bonchev–Trinajstić information content (AvgIpc) is 2.83. The predicted molar refractivity (Wildman–Crippen MR) is 145 cm³/mol. The molecule has 180 valence electrons. The van der Waals surface area contributed by atoms with Gasteiger partial charge >= 0.3 is 0 Å². The van der Waals surface area contributed by atoms with Crippen molar-refractivity contribution in [1.82, 2.24) is 9.66 Å². The highest BCUT2D eigenvalue weighted by Gasteiger charge is 2.15. The number of halogens is 3. The van der Waals surface area contributed by atoms with E-state index >= 15 is 0 Å². The number of para-hydroxylation sites is 1. The third kappa shape index (κ3) is 5.53. The molecule has 0 spiro atoms. The van der Waals surface area contributed by atoms with Crippen molar-refractivity contribution in [3.05, 3.63) is 96.4 Å². The summed E-state index contributed by atoms with van der Waals surface area (Å²) in [5, 5.41) is 6.04. The number of aromatic nitrogens is 2. The Labute approximate surface area is 221 Å². The minimum atomic E-state index is -0.255. The Morgan fingerprint density at radius 2 is 1.94 bits per heavy atom. The van der Waals surface area contributed by atoms with Crippen molar-refractivity contribution in [2.45, 2.75) is 26.4 Å². The van der Waals surface area contributed by atoms with E-state index in [1.54, 1.807) is 43.7 Å². The topological polar surface area (TPSA) is 65.7 Å². The van der Waals surface area contributed by atoms with Crippen molar-refractivity contribution >= 4 is 56.2 Å². The minimum Gasteiger partial charge on any atom is -0.493 e. The van der Waals surface area contributed by atoms with Crippen LogP contribution in [0.3, 0.4) is 0 Å². The van der Waals surface area contributed by atoms with Gasteiger partial charge in [0.05, 0.1) is 24.2 Å². The molecule has 9 heteroatoms. The lowest BCUT2D eigenvalue weighted by atomic mass is 10.2. The highest BCUT2D eigenvalue weighted by Crippen LogP contribution is 2.32. The number of rotatable bonds is 7. The predicted octanol–water partition coefficient (Wildman–Crippen LogP) is 7.06. The Kier molecular flexibility index (Phi) is 7.79. The second kappa shape index (κ2) is 10.8. The van der Waals surface area contributed by atoms with Crippen LogP contribution in [0, 0.1) is 0 Å². The van der Waals surface area contributed by atoms with E-state index in [9.17, 15) is 4.79 Å². The van der Waals surface area contributed by atoms with Crippen LogP contribution in [0.25, 0.3) is 10.9 Å². The molecule has 0 unspecified atom stereocenters. The Balaban J connectivity index is 1.76. The van der Waals surface area contributed by atoms with Crippen LogP contribution in [0.2, 0.25) is 10.0 Å². The lowest BCUT2D eigenvalue weighted by molar-refractivity contribution is 0.284. The first-order chi connectivity index (χ1) is 16.8. The first kappa shape index (κ1) is 25.2. The highest BCUT2D eigenvalue weighted by molar-refractivity contribution is 9.10. The number of benzene rings is 3. The van der Waals surface area contributed by atoms with Crippen LogP contribution in [0.4, 0.5) is 0 Å². The van der Waals surface area contributed by atoms with E-state index in [0.29, 0.717) is 43.8 Å². The van der Waals surface area contributed by atoms with Crippen LogP contribution in [0.15, 0.2) is 69.0 Å². The summed E-state index contributed by atoms with van der Waals surface area (Å²) in [6, 6.07) is 16.1. The summed E-state index contributed by atoms with van der Waals surface area (Å²) >= 11 is 15.7. The van der Waals surface area contributed by atoms with E-state index in [0.717, 1.165) is 10.0 Å². The zero-order valence-corrected chi connectivity index (χ0v) is 22.4. The second-order valence-electron chi connectivity index (χ2n) is 8.05. The van der Waals surface area contributed by atoms with E-state index in [-0.39, 0.29) is 18.1 Å². The van der Waals surface area contributed by atoms with Crippen LogP contribution in [0.5, 0.6) is 11.5 Å². The van der Waals surface area contributed by atoms with Crippen molar-refractivity contribution in [2.75, 3.05) is 7.11 Å². The highest BCUT2D eigenvalue weighted by atomic mass is 79.9. The molecule has 0 bridgehead atoms. The standard InChI is InChI=1S/C26H22BrCl2N3O3/c1-15(2)25-31-22-10-8-18(27)11-20(22)26(33)32(25)30-13-16-5-4-6-23(34-3)24(16)35-14-17-7-9-19(28)12-21(17)29/h4-13,15H,14H2,1-3H3. The third-order valence-corrected chi connectivity index (χ3v) is 6.36. The molecule has 1 aromatic heterocycles. The lowest BCUT2D eigenvalue weighted by Crippen LogP contribution is -2.23. The smallest absolute Gasteiger partial charge is 0.282 e. The van der Waals surface area contributed by atoms with Gasteiger partial charge < -0.3 is 9.47 Å². The zero-order chi connectivity index (χ0) is 25.1. The molecular weight excluding hydrogens is 553 g/mol. The molecule has 3 aromatic carbocycles. The van der Waals surface area contributed by atoms with Gasteiger partial charge in [0.1, 0.15) is 12.4 Å². The normalized spacial score (nSPS) is 11.5. The summed E-state index contributed by atoms with van der Waals surface area (Å²) in [4.78, 5) is 18.0. The van der Waals surface area contributed by atoms with Gasteiger partial charge in [0.25, 0.3) is 5.56 Å². The molecule has 1 heterocycles. The van der Waals surface area contributed by atoms with Crippen molar-refractivity contribution in [3.8, 4) is 11.5 Å². The number of ether oxygens (including phenoxy) is 2. The number of hydrogen-bond acceptors (Lipinski definition) is 5. The fraction of sp³-hybridized carbons (Fsp3) is 0.192. The molecule has 4 rings (SSSR count). The molecule has 0 aliphatic heterocycles. The Hall–Kier alpha value is -2.87. The van der Waals surface area contributed by atoms with E-state index in [1.807, 2.05) is 38.1 Å². The van der Waals surface area contributed by atoms with Gasteiger partial charge in [-0.15, -0.1) is 0 Å². The second-order valence-corrected chi connectivity index (χ2v) is 9.81. The Bertz CT molecular complexity index is 1490. The van der Waals surface area contributed by atoms with Crippen molar-refractivity contribution < 1.29 is 9.47 Å². The molecule has 35 heavy (non-hydrogen) atoms. The number of nitrogens with zero attached hydrogens (tertiary/aromatic N) is 3. The molecule has 6 nitrogen and oxygen atoms in total. The molecule has 0 aliphatic carbocycles. The van der Waals surface area contributed by atoms with E-state index in [1.165, 1.54) is 4.68 Å². The van der Waals surface area contributed by atoms with Crippen LogP contribution < -0.4 is 15.0 Å². The summed E-state index contributed by atoms with van der Waals surface area (Å²) in [6.45, 7) is 4.13. The molecule has 4 aromatic rings. The van der Waals surface area contributed by atoms with Crippen molar-refractivity contribution in [2.24, 2.45) is 5.10 Å². The molecule has 0 saturated carbocycles. The van der Waals surface area contributed by atoms with Crippen LogP contribution >= 0.6 is 39.1 Å². The molecule has 0 aliphatic rings. The number of methoxy groups -OCH3 is 1. The van der Waals surface area contributed by atoms with E-state index < -0.39 is 0 Å². The minimum absolute atomic E-state index is 0.0269. The van der Waals surface area contributed by atoms with Gasteiger partial charge in [-0.1, -0.05) is 65.1 Å². The van der Waals surface area contributed by atoms with E-state index in [2.05, 4.69) is 26.0 Å². The zero-order valence-electron chi connectivity index (χ0n) is 19.3. The first-order valence-electron chi connectivity index (χ1n) is 10.8. The first-order valence-corrected chi connectivity index (χ1v) is 12.3. The van der Waals surface area contributed by atoms with Crippen LogP contribution in [-0.2, 0) is 6.61 Å². The quantitative estimate of drug-likeness (QED) is 0.222. The molecule has 0 amide bonds. The maximum Gasteiger partial charge on any atom is 0.282 e. The van der Waals surface area contributed by atoms with Gasteiger partial charge in [0, 0.05) is 31.6 Å². The van der Waals surface area contributed by atoms with Gasteiger partial charge in [-0.3, -0.25) is 4.79 Å². The molecule has 0 radical (unpaired) electrons.